The summed E-state index contributed by atoms with van der Waals surface area (Å²) in [5.41, 5.74) is 0.647. The summed E-state index contributed by atoms with van der Waals surface area (Å²) in [6.07, 6.45) is -1.02. The van der Waals surface area contributed by atoms with Gasteiger partial charge in [-0.1, -0.05) is 6.07 Å². The van der Waals surface area contributed by atoms with Crippen LogP contribution < -0.4 is 5.32 Å². The number of aryl methyl sites for hydroxylation is 1. The Labute approximate surface area is 148 Å². The van der Waals surface area contributed by atoms with Gasteiger partial charge in [-0.3, -0.25) is 4.79 Å². The summed E-state index contributed by atoms with van der Waals surface area (Å²) in [4.78, 5) is 24.1. The van der Waals surface area contributed by atoms with E-state index in [1.165, 1.54) is 46.3 Å². The van der Waals surface area contributed by atoms with Crippen molar-refractivity contribution in [3.8, 4) is 0 Å². The van der Waals surface area contributed by atoms with Gasteiger partial charge < -0.3 is 14.8 Å². The Hall–Kier alpha value is -1.97. The van der Waals surface area contributed by atoms with Gasteiger partial charge in [0, 0.05) is 27.7 Å². The van der Waals surface area contributed by atoms with Crippen LogP contribution in [0.2, 0.25) is 0 Å². The van der Waals surface area contributed by atoms with E-state index in [2.05, 4.69) is 5.32 Å². The highest BCUT2D eigenvalue weighted by Crippen LogP contribution is 2.19. The van der Waals surface area contributed by atoms with E-state index in [0.717, 1.165) is 4.31 Å². The van der Waals surface area contributed by atoms with E-state index in [1.807, 2.05) is 0 Å². The van der Waals surface area contributed by atoms with Crippen LogP contribution in [-0.4, -0.2) is 65.1 Å². The van der Waals surface area contributed by atoms with Crippen molar-refractivity contribution in [2.45, 2.75) is 24.8 Å². The van der Waals surface area contributed by atoms with E-state index >= 15 is 0 Å². The third-order valence-electron chi connectivity index (χ3n) is 3.47. The Kier molecular flexibility index (Phi) is 7.53. The molecule has 0 saturated heterocycles. The van der Waals surface area contributed by atoms with Crippen LogP contribution in [0.15, 0.2) is 23.1 Å². The number of nitrogens with zero attached hydrogens (tertiary/aromatic N) is 1. The number of amides is 1. The van der Waals surface area contributed by atoms with E-state index in [4.69, 9.17) is 9.47 Å². The van der Waals surface area contributed by atoms with Gasteiger partial charge in [-0.25, -0.2) is 17.5 Å². The molecule has 25 heavy (non-hydrogen) atoms. The van der Waals surface area contributed by atoms with E-state index in [9.17, 15) is 18.0 Å². The number of hydrogen-bond acceptors (Lipinski definition) is 6. The molecular weight excluding hydrogens is 348 g/mol. The molecule has 9 heteroatoms. The average Bonchev–Trinajstić information content (AvgIpc) is 2.54. The number of hydrogen-bond donors (Lipinski definition) is 1. The van der Waals surface area contributed by atoms with Crippen molar-refractivity contribution < 1.29 is 27.5 Å². The van der Waals surface area contributed by atoms with Gasteiger partial charge in [0.05, 0.1) is 17.1 Å². The van der Waals surface area contributed by atoms with Gasteiger partial charge in [0.15, 0.2) is 6.10 Å². The lowest BCUT2D eigenvalue weighted by atomic mass is 10.1. The molecule has 0 radical (unpaired) electrons. The molecule has 0 aromatic heterocycles. The molecule has 140 valence electrons. The minimum Gasteiger partial charge on any atom is -0.449 e. The van der Waals surface area contributed by atoms with Crippen LogP contribution >= 0.6 is 0 Å². The predicted octanol–water partition coefficient (Wildman–Crippen LogP) is 0.553. The lowest BCUT2D eigenvalue weighted by Gasteiger charge is -2.16. The van der Waals surface area contributed by atoms with E-state index < -0.39 is 28.0 Å². The Morgan fingerprint density at radius 2 is 1.92 bits per heavy atom. The summed E-state index contributed by atoms with van der Waals surface area (Å²) in [7, 11) is 0.635. The van der Waals surface area contributed by atoms with E-state index in [0.29, 0.717) is 18.7 Å². The minimum absolute atomic E-state index is 0.0211. The first kappa shape index (κ1) is 21.1. The molecule has 0 aliphatic heterocycles. The Morgan fingerprint density at radius 1 is 1.28 bits per heavy atom. The quantitative estimate of drug-likeness (QED) is 0.528. The molecule has 1 atom stereocenters. The zero-order valence-corrected chi connectivity index (χ0v) is 15.8. The Balaban J connectivity index is 2.93. The van der Waals surface area contributed by atoms with Gasteiger partial charge >= 0.3 is 5.97 Å². The summed E-state index contributed by atoms with van der Waals surface area (Å²) in [6, 6.07) is 4.20. The monoisotopic (exact) mass is 372 g/mol. The van der Waals surface area contributed by atoms with Crippen LogP contribution in [-0.2, 0) is 24.3 Å². The smallest absolute Gasteiger partial charge is 0.339 e. The van der Waals surface area contributed by atoms with Crippen molar-refractivity contribution in [1.29, 1.82) is 0 Å². The molecule has 8 nitrogen and oxygen atoms in total. The van der Waals surface area contributed by atoms with Crippen molar-refractivity contribution in [3.05, 3.63) is 29.3 Å². The second-order valence-corrected chi connectivity index (χ2v) is 7.75. The summed E-state index contributed by atoms with van der Waals surface area (Å²) in [5, 5.41) is 2.56. The van der Waals surface area contributed by atoms with E-state index in [1.54, 1.807) is 6.92 Å². The third kappa shape index (κ3) is 5.52. The second kappa shape index (κ2) is 8.93. The molecular formula is C16H24N2O6S. The van der Waals surface area contributed by atoms with Gasteiger partial charge in [0.1, 0.15) is 0 Å². The summed E-state index contributed by atoms with van der Waals surface area (Å²) >= 11 is 0. The van der Waals surface area contributed by atoms with Crippen molar-refractivity contribution in [1.82, 2.24) is 9.62 Å². The van der Waals surface area contributed by atoms with Gasteiger partial charge in [0.25, 0.3) is 5.91 Å². The SMILES string of the molecule is COCCNC(=O)[C@H](C)OC(=O)c1cc(S(=O)(=O)N(C)C)ccc1C. The van der Waals surface area contributed by atoms with Crippen LogP contribution in [0.4, 0.5) is 0 Å². The number of nitrogens with one attached hydrogen (secondary N) is 1. The maximum Gasteiger partial charge on any atom is 0.339 e. The van der Waals surface area contributed by atoms with Gasteiger partial charge in [-0.2, -0.15) is 0 Å². The maximum absolute atomic E-state index is 12.3. The Bertz CT molecular complexity index is 730. The van der Waals surface area contributed by atoms with Gasteiger partial charge in [-0.15, -0.1) is 0 Å². The molecule has 0 saturated carbocycles. The number of methoxy groups -OCH3 is 1. The van der Waals surface area contributed by atoms with Crippen LogP contribution in [0.25, 0.3) is 0 Å². The zero-order chi connectivity index (χ0) is 19.2. The third-order valence-corrected chi connectivity index (χ3v) is 5.28. The molecule has 0 aliphatic rings. The largest absolute Gasteiger partial charge is 0.449 e. The lowest BCUT2D eigenvalue weighted by Crippen LogP contribution is -2.37. The van der Waals surface area contributed by atoms with Crippen molar-refractivity contribution >= 4 is 21.9 Å². The number of sulfonamides is 1. The first-order chi connectivity index (χ1) is 11.6. The highest BCUT2D eigenvalue weighted by Gasteiger charge is 2.23. The predicted molar refractivity (Wildman–Crippen MR) is 91.8 cm³/mol. The minimum atomic E-state index is -3.68. The number of carbonyl (C=O) groups is 2. The molecule has 0 fully saturated rings. The Morgan fingerprint density at radius 3 is 2.48 bits per heavy atom. The van der Waals surface area contributed by atoms with Crippen LogP contribution in [0.5, 0.6) is 0 Å². The molecule has 0 spiro atoms. The van der Waals surface area contributed by atoms with E-state index in [-0.39, 0.29) is 10.5 Å². The second-order valence-electron chi connectivity index (χ2n) is 5.60. The molecule has 0 bridgehead atoms. The summed E-state index contributed by atoms with van der Waals surface area (Å²) in [6.45, 7) is 3.74. The number of esters is 1. The fraction of sp³-hybridized carbons (Fsp3) is 0.500. The van der Waals surface area contributed by atoms with Crippen LogP contribution in [0.3, 0.4) is 0 Å². The normalized spacial score (nSPS) is 12.7. The molecule has 1 aromatic rings. The lowest BCUT2D eigenvalue weighted by molar-refractivity contribution is -0.129. The van der Waals surface area contributed by atoms with Crippen molar-refractivity contribution in [3.63, 3.8) is 0 Å². The first-order valence-electron chi connectivity index (χ1n) is 7.62. The van der Waals surface area contributed by atoms with Gasteiger partial charge in [0.2, 0.25) is 10.0 Å². The molecule has 0 aliphatic carbocycles. The van der Waals surface area contributed by atoms with Crippen LogP contribution in [0, 0.1) is 6.92 Å². The fourth-order valence-corrected chi connectivity index (χ4v) is 2.82. The van der Waals surface area contributed by atoms with Crippen LogP contribution in [0.1, 0.15) is 22.8 Å². The average molecular weight is 372 g/mol. The fourth-order valence-electron chi connectivity index (χ4n) is 1.89. The van der Waals surface area contributed by atoms with Gasteiger partial charge in [-0.05, 0) is 31.5 Å². The number of carbonyl (C=O) groups excluding carboxylic acids is 2. The molecule has 1 rings (SSSR count). The van der Waals surface area contributed by atoms with Crippen molar-refractivity contribution in [2.75, 3.05) is 34.4 Å². The highest BCUT2D eigenvalue weighted by atomic mass is 32.2. The molecule has 1 N–H and O–H groups in total. The topological polar surface area (TPSA) is 102 Å². The zero-order valence-electron chi connectivity index (χ0n) is 15.0. The summed E-state index contributed by atoms with van der Waals surface area (Å²) < 4.78 is 35.4. The number of ether oxygens (including phenoxy) is 2. The standard InChI is InChI=1S/C16H24N2O6S/c1-11-6-7-13(25(21,22)18(3)4)10-14(11)16(20)24-12(2)15(19)17-8-9-23-5/h6-7,10,12H,8-9H2,1-5H3,(H,17,19)/t12-/m0/s1. The molecule has 1 amide bonds. The highest BCUT2D eigenvalue weighted by molar-refractivity contribution is 7.89. The summed E-state index contributed by atoms with van der Waals surface area (Å²) in [5.74, 6) is -1.22. The number of benzene rings is 1. The van der Waals surface area contributed by atoms with Crippen molar-refractivity contribution in [2.24, 2.45) is 0 Å². The number of rotatable bonds is 8. The molecule has 0 heterocycles. The molecule has 0 unspecified atom stereocenters. The first-order valence-corrected chi connectivity index (χ1v) is 9.06. The maximum atomic E-state index is 12.3. The molecule has 1 aromatic carbocycles.